The maximum absolute atomic E-state index is 9.77. The van der Waals surface area contributed by atoms with Gasteiger partial charge in [-0.05, 0) is 0 Å². The normalized spacial score (nSPS) is 14.4. The minimum absolute atomic E-state index is 2.06. The van der Waals surface area contributed by atoms with Gasteiger partial charge in [-0.15, -0.1) is 0 Å². The molecule has 0 aromatic carbocycles. The first-order valence-corrected chi connectivity index (χ1v) is 4.90. The Labute approximate surface area is 55.0 Å². The molecule has 0 bridgehead atoms. The topological polar surface area (TPSA) is 140 Å². The Bertz CT molecular complexity index is 194. The van der Waals surface area contributed by atoms with Crippen molar-refractivity contribution < 1.29 is 28.7 Å². The summed E-state index contributed by atoms with van der Waals surface area (Å²) in [7, 11) is -9.59. The van der Waals surface area contributed by atoms with Crippen LogP contribution in [0.2, 0.25) is 0 Å². The Morgan fingerprint density at radius 3 is 1.10 bits per heavy atom. The summed E-state index contributed by atoms with van der Waals surface area (Å²) in [6.45, 7) is 0. The average molecular weight is 190 g/mol. The minimum atomic E-state index is -4.80. The number of rotatable bonds is 2. The zero-order chi connectivity index (χ0) is 8.41. The second kappa shape index (κ2) is 2.87. The molecule has 0 atom stereocenters. The van der Waals surface area contributed by atoms with Crippen LogP contribution in [0.1, 0.15) is 0 Å². The van der Waals surface area contributed by atoms with Crippen LogP contribution in [0.25, 0.3) is 0 Å². The summed E-state index contributed by atoms with van der Waals surface area (Å²) in [5.74, 6) is 0. The van der Waals surface area contributed by atoms with Crippen molar-refractivity contribution in [3.8, 4) is 0 Å². The van der Waals surface area contributed by atoms with Crippen molar-refractivity contribution in [1.82, 2.24) is 0 Å². The van der Waals surface area contributed by atoms with E-state index < -0.39 is 15.5 Å². The predicted molar refractivity (Wildman–Crippen MR) is 28.9 cm³/mol. The highest BCUT2D eigenvalue weighted by Crippen LogP contribution is 2.44. The molecule has 0 aromatic rings. The smallest absolute Gasteiger partial charge is 0.306 e. The highest BCUT2D eigenvalue weighted by Gasteiger charge is 2.16. The lowest BCUT2D eigenvalue weighted by Gasteiger charge is -1.93. The molecule has 0 aliphatic carbocycles. The molecule has 4 N–H and O–H groups in total. The van der Waals surface area contributed by atoms with Crippen molar-refractivity contribution >= 4 is 15.5 Å². The fourth-order valence-electron chi connectivity index (χ4n) is 0.104. The van der Waals surface area contributed by atoms with Crippen LogP contribution in [0.3, 0.4) is 0 Å². The van der Waals surface area contributed by atoms with Gasteiger partial charge in [0.25, 0.3) is 0 Å². The second-order valence-corrected chi connectivity index (χ2v) is 3.62. The van der Waals surface area contributed by atoms with Gasteiger partial charge in [-0.25, -0.2) is 9.13 Å². The van der Waals surface area contributed by atoms with Gasteiger partial charge in [-0.1, -0.05) is 9.77 Å². The van der Waals surface area contributed by atoms with E-state index in [-0.39, 0.29) is 0 Å². The quantitative estimate of drug-likeness (QED) is 0.345. The maximum atomic E-state index is 9.77. The van der Waals surface area contributed by atoms with Crippen molar-refractivity contribution in [3.63, 3.8) is 0 Å². The highest BCUT2D eigenvalue weighted by atomic mass is 31.2. The molecule has 0 spiro atoms. The fraction of sp³-hybridized carbons (Fsp3) is 0. The highest BCUT2D eigenvalue weighted by molar-refractivity contribution is 7.52. The summed E-state index contributed by atoms with van der Waals surface area (Å²) in [6, 6.07) is 0. The van der Waals surface area contributed by atoms with Gasteiger partial charge in [-0.3, -0.25) is 0 Å². The average Bonchev–Trinajstić information content (AvgIpc) is 1.57. The molecule has 0 amide bonds. The maximum Gasteiger partial charge on any atom is 0.467 e. The molecule has 0 rings (SSSR count). The zero-order valence-electron chi connectivity index (χ0n) is 4.39. The van der Waals surface area contributed by atoms with Crippen molar-refractivity contribution in [2.45, 2.75) is 0 Å². The van der Waals surface area contributed by atoms with Crippen LogP contribution >= 0.6 is 15.5 Å². The summed E-state index contributed by atoms with van der Waals surface area (Å²) in [5, 5.41) is 0. The SMILES string of the molecule is O=P(O)(O)N=NP(=O)(O)O. The first-order valence-electron chi connectivity index (χ1n) is 1.77. The first-order chi connectivity index (χ1) is 4.21. The molecule has 0 aromatic heterocycles. The number of nitrogens with zero attached hydrogens (tertiary/aromatic N) is 2. The third-order valence-electron chi connectivity index (χ3n) is 0.273. The zero-order valence-corrected chi connectivity index (χ0v) is 6.18. The standard InChI is InChI=1S/H4N2O6P2/c3-9(4,5)1-2-10(6,7)8/h(H2,3,4,5)(H2,6,7,8). The van der Waals surface area contributed by atoms with E-state index >= 15 is 0 Å². The summed E-state index contributed by atoms with van der Waals surface area (Å²) < 4.78 is 19.5. The van der Waals surface area contributed by atoms with Crippen molar-refractivity contribution in [3.05, 3.63) is 0 Å². The molecule has 0 aliphatic rings. The summed E-state index contributed by atoms with van der Waals surface area (Å²) >= 11 is 0. The monoisotopic (exact) mass is 190 g/mol. The lowest BCUT2D eigenvalue weighted by atomic mass is 13.2. The minimum Gasteiger partial charge on any atom is -0.306 e. The van der Waals surface area contributed by atoms with Crippen LogP contribution in [-0.4, -0.2) is 19.6 Å². The predicted octanol–water partition coefficient (Wildman–Crippen LogP) is -0.376. The molecule has 0 radical (unpaired) electrons. The van der Waals surface area contributed by atoms with E-state index in [1.807, 2.05) is 0 Å². The van der Waals surface area contributed by atoms with Crippen LogP contribution < -0.4 is 0 Å². The molecule has 10 heavy (non-hydrogen) atoms. The van der Waals surface area contributed by atoms with Crippen LogP contribution in [-0.2, 0) is 9.13 Å². The van der Waals surface area contributed by atoms with Gasteiger partial charge in [0.2, 0.25) is 0 Å². The molecule has 0 saturated carbocycles. The molecule has 60 valence electrons. The molecule has 10 heteroatoms. The van der Waals surface area contributed by atoms with Crippen LogP contribution in [0, 0.1) is 0 Å². The van der Waals surface area contributed by atoms with Crippen LogP contribution in [0.5, 0.6) is 0 Å². The number of hydrogen-bond donors (Lipinski definition) is 4. The Kier molecular flexibility index (Phi) is 2.85. The third-order valence-corrected chi connectivity index (χ3v) is 1.06. The Hall–Kier alpha value is -0.100. The lowest BCUT2D eigenvalue weighted by Crippen LogP contribution is -1.71. The van der Waals surface area contributed by atoms with E-state index in [0.717, 1.165) is 0 Å². The van der Waals surface area contributed by atoms with Crippen LogP contribution in [0.4, 0.5) is 0 Å². The molecular weight excluding hydrogens is 186 g/mol. The Balaban J connectivity index is 4.31. The lowest BCUT2D eigenvalue weighted by molar-refractivity contribution is 0.359. The second-order valence-electron chi connectivity index (χ2n) is 1.21. The first kappa shape index (κ1) is 9.90. The van der Waals surface area contributed by atoms with Gasteiger partial charge in [-0.2, -0.15) is 0 Å². The Morgan fingerprint density at radius 1 is 0.800 bits per heavy atom. The summed E-state index contributed by atoms with van der Waals surface area (Å²) in [5.41, 5.74) is 0. The third kappa shape index (κ3) is 7.90. The van der Waals surface area contributed by atoms with E-state index in [1.54, 1.807) is 0 Å². The molecule has 0 fully saturated rings. The molecule has 8 nitrogen and oxygen atoms in total. The van der Waals surface area contributed by atoms with E-state index in [9.17, 15) is 9.13 Å². The van der Waals surface area contributed by atoms with Gasteiger partial charge in [0.1, 0.15) is 0 Å². The molecule has 0 unspecified atom stereocenters. The van der Waals surface area contributed by atoms with Gasteiger partial charge in [0.15, 0.2) is 0 Å². The molecule has 0 aliphatic heterocycles. The summed E-state index contributed by atoms with van der Waals surface area (Å²) in [6.07, 6.45) is 0. The number of hydrogen-bond acceptors (Lipinski definition) is 2. The van der Waals surface area contributed by atoms with Crippen LogP contribution in [0.15, 0.2) is 9.77 Å². The van der Waals surface area contributed by atoms with E-state index in [1.165, 1.54) is 0 Å². The van der Waals surface area contributed by atoms with Crippen molar-refractivity contribution in [2.24, 2.45) is 9.77 Å². The van der Waals surface area contributed by atoms with Gasteiger partial charge in [0, 0.05) is 0 Å². The largest absolute Gasteiger partial charge is 0.467 e. The van der Waals surface area contributed by atoms with Gasteiger partial charge < -0.3 is 19.6 Å². The van der Waals surface area contributed by atoms with Crippen molar-refractivity contribution in [1.29, 1.82) is 0 Å². The van der Waals surface area contributed by atoms with E-state index in [0.29, 0.717) is 0 Å². The molecule has 0 saturated heterocycles. The molecule has 0 heterocycles. The van der Waals surface area contributed by atoms with E-state index in [2.05, 4.69) is 9.77 Å². The van der Waals surface area contributed by atoms with E-state index in [4.69, 9.17) is 19.6 Å². The fourth-order valence-corrected chi connectivity index (χ4v) is 0.938. The molecular formula is H4N2O6P2. The van der Waals surface area contributed by atoms with Crippen molar-refractivity contribution in [2.75, 3.05) is 0 Å². The van der Waals surface area contributed by atoms with Gasteiger partial charge in [0.05, 0.1) is 0 Å². The Morgan fingerprint density at radius 2 is 1.00 bits per heavy atom. The summed E-state index contributed by atoms with van der Waals surface area (Å²) in [4.78, 5) is 35.7. The van der Waals surface area contributed by atoms with Gasteiger partial charge >= 0.3 is 15.5 Å².